The molecule has 0 bridgehead atoms. The van der Waals surface area contributed by atoms with Crippen LogP contribution in [0.2, 0.25) is 5.02 Å². The van der Waals surface area contributed by atoms with Crippen molar-refractivity contribution in [3.63, 3.8) is 0 Å². The third-order valence-corrected chi connectivity index (χ3v) is 5.37. The maximum absolute atomic E-state index is 12.3. The number of carbonyl (C=O) groups excluding carboxylic acids is 1. The number of rotatable bonds is 2. The molecule has 0 radical (unpaired) electrons. The molecule has 2 aliphatic rings. The maximum Gasteiger partial charge on any atom is 0.283 e. The van der Waals surface area contributed by atoms with E-state index in [9.17, 15) is 4.79 Å². The molecule has 0 spiro atoms. The Hall–Kier alpha value is -2.57. The molecule has 2 aromatic rings. The second-order valence-corrected chi connectivity index (χ2v) is 7.60. The van der Waals surface area contributed by atoms with E-state index in [1.165, 1.54) is 11.8 Å². The molecule has 0 unspecified atom stereocenters. The van der Waals surface area contributed by atoms with Gasteiger partial charge in [0.2, 0.25) is 0 Å². The van der Waals surface area contributed by atoms with Gasteiger partial charge in [0.25, 0.3) is 5.91 Å². The van der Waals surface area contributed by atoms with Crippen LogP contribution in [0.25, 0.3) is 17.4 Å². The van der Waals surface area contributed by atoms with Gasteiger partial charge in [-0.3, -0.25) is 15.1 Å². The average Bonchev–Trinajstić information content (AvgIpc) is 3.20. The lowest BCUT2D eigenvalue weighted by atomic mass is 10.1. The fraction of sp³-hybridized carbons (Fsp3) is 0.105. The summed E-state index contributed by atoms with van der Waals surface area (Å²) in [7, 11) is 0. The molecule has 2 aliphatic heterocycles. The molecule has 1 N–H and O–H groups in total. The Morgan fingerprint density at radius 1 is 1.27 bits per heavy atom. The topological polar surface area (TPSA) is 69.7 Å². The summed E-state index contributed by atoms with van der Waals surface area (Å²) in [5, 5.41) is 9.49. The number of aliphatic imine (C=N–C) groups is 1. The molecule has 5 nitrogen and oxygen atoms in total. The van der Waals surface area contributed by atoms with E-state index in [0.29, 0.717) is 21.7 Å². The van der Waals surface area contributed by atoms with Crippen LogP contribution in [0.1, 0.15) is 18.2 Å². The second kappa shape index (κ2) is 6.30. The number of hydrogen-bond acceptors (Lipinski definition) is 4. The lowest BCUT2D eigenvalue weighted by molar-refractivity contribution is -0.114. The van der Waals surface area contributed by atoms with Gasteiger partial charge in [-0.05, 0) is 43.7 Å². The summed E-state index contributed by atoms with van der Waals surface area (Å²) in [4.78, 5) is 18.9. The summed E-state index contributed by atoms with van der Waals surface area (Å²) in [6.07, 6.45) is 3.35. The Bertz CT molecular complexity index is 1050. The number of benzene rings is 1. The predicted octanol–water partition coefficient (Wildman–Crippen LogP) is 5.08. The van der Waals surface area contributed by atoms with Gasteiger partial charge in [-0.1, -0.05) is 35.5 Å². The first-order chi connectivity index (χ1) is 12.4. The van der Waals surface area contributed by atoms with Crippen LogP contribution >= 0.6 is 23.4 Å². The van der Waals surface area contributed by atoms with Crippen molar-refractivity contribution in [2.45, 2.75) is 13.8 Å². The highest BCUT2D eigenvalue weighted by Crippen LogP contribution is 2.33. The van der Waals surface area contributed by atoms with Gasteiger partial charge in [0.05, 0.1) is 5.57 Å². The molecule has 3 heterocycles. The van der Waals surface area contributed by atoms with Gasteiger partial charge in [-0.25, -0.2) is 0 Å². The van der Waals surface area contributed by atoms with Crippen molar-refractivity contribution in [1.29, 1.82) is 5.41 Å². The van der Waals surface area contributed by atoms with Crippen LogP contribution in [0.3, 0.4) is 0 Å². The fourth-order valence-corrected chi connectivity index (χ4v) is 3.67. The van der Waals surface area contributed by atoms with Gasteiger partial charge in [-0.2, -0.15) is 4.99 Å². The number of nitrogens with one attached hydrogen (secondary N) is 1. The monoisotopic (exact) mass is 383 g/mol. The molecule has 7 heteroatoms. The molecule has 4 rings (SSSR count). The van der Waals surface area contributed by atoms with Crippen LogP contribution in [-0.2, 0) is 4.79 Å². The number of fused-ring (bicyclic) bond motifs is 1. The average molecular weight is 384 g/mol. The van der Waals surface area contributed by atoms with Gasteiger partial charge < -0.3 is 4.42 Å². The third-order valence-electron chi connectivity index (χ3n) is 4.06. The highest BCUT2D eigenvalue weighted by atomic mass is 35.5. The maximum atomic E-state index is 12.3. The molecule has 1 aromatic carbocycles. The minimum Gasteiger partial charge on any atom is -0.457 e. The number of allylic oxidation sites excluding steroid dienone is 1. The molecule has 0 aliphatic carbocycles. The SMILES string of the molecule is CC1=CN2C(=N)/C(=C/c3ccc(-c4ccc(C)c(Cl)c4)o3)C(=O)N=C2S1. The normalized spacial score (nSPS) is 18.3. The zero-order chi connectivity index (χ0) is 18.4. The molecule has 0 fully saturated rings. The van der Waals surface area contributed by atoms with Crippen LogP contribution in [0.15, 0.2) is 56.4 Å². The lowest BCUT2D eigenvalue weighted by Gasteiger charge is -2.21. The second-order valence-electron chi connectivity index (χ2n) is 5.98. The van der Waals surface area contributed by atoms with Gasteiger partial charge in [0.15, 0.2) is 5.17 Å². The minimum atomic E-state index is -0.437. The zero-order valence-electron chi connectivity index (χ0n) is 14.0. The van der Waals surface area contributed by atoms with Crippen molar-refractivity contribution in [3.8, 4) is 11.3 Å². The number of aryl methyl sites for hydroxylation is 1. The molecular weight excluding hydrogens is 370 g/mol. The van der Waals surface area contributed by atoms with E-state index < -0.39 is 5.91 Å². The van der Waals surface area contributed by atoms with E-state index in [2.05, 4.69) is 4.99 Å². The molecule has 0 saturated carbocycles. The molecule has 26 heavy (non-hydrogen) atoms. The molecule has 1 aromatic heterocycles. The molecule has 130 valence electrons. The first kappa shape index (κ1) is 16.9. The Morgan fingerprint density at radius 2 is 2.08 bits per heavy atom. The Morgan fingerprint density at radius 3 is 2.85 bits per heavy atom. The molecule has 1 amide bonds. The highest BCUT2D eigenvalue weighted by molar-refractivity contribution is 8.17. The van der Waals surface area contributed by atoms with E-state index in [0.717, 1.165) is 16.0 Å². The standard InChI is InChI=1S/C19H14ClN3O2S/c1-10-3-4-12(7-15(10)20)16-6-5-13(25-16)8-14-17(21)23-9-11(2)26-19(23)22-18(14)24/h3-9,21H,1-2H3/b14-8-,21-17?. The van der Waals surface area contributed by atoms with E-state index in [1.54, 1.807) is 23.2 Å². The van der Waals surface area contributed by atoms with Crippen molar-refractivity contribution in [2.24, 2.45) is 4.99 Å². The van der Waals surface area contributed by atoms with Crippen molar-refractivity contribution in [3.05, 3.63) is 63.4 Å². The summed E-state index contributed by atoms with van der Waals surface area (Å²) in [6, 6.07) is 9.27. The van der Waals surface area contributed by atoms with Crippen molar-refractivity contribution >= 4 is 46.3 Å². The van der Waals surface area contributed by atoms with Crippen molar-refractivity contribution in [2.75, 3.05) is 0 Å². The first-order valence-electron chi connectivity index (χ1n) is 7.88. The van der Waals surface area contributed by atoms with Gasteiger partial charge in [0, 0.05) is 21.7 Å². The smallest absolute Gasteiger partial charge is 0.283 e. The summed E-state index contributed by atoms with van der Waals surface area (Å²) in [6.45, 7) is 3.85. The van der Waals surface area contributed by atoms with Gasteiger partial charge in [-0.15, -0.1) is 0 Å². The highest BCUT2D eigenvalue weighted by Gasteiger charge is 2.33. The fourth-order valence-electron chi connectivity index (χ4n) is 2.68. The van der Waals surface area contributed by atoms with E-state index in [4.69, 9.17) is 21.4 Å². The number of carbonyl (C=O) groups is 1. The summed E-state index contributed by atoms with van der Waals surface area (Å²) < 4.78 is 5.82. The van der Waals surface area contributed by atoms with Crippen LogP contribution in [0.5, 0.6) is 0 Å². The van der Waals surface area contributed by atoms with E-state index in [-0.39, 0.29) is 11.4 Å². The zero-order valence-corrected chi connectivity index (χ0v) is 15.6. The van der Waals surface area contributed by atoms with Crippen LogP contribution in [0.4, 0.5) is 0 Å². The van der Waals surface area contributed by atoms with Gasteiger partial charge >= 0.3 is 0 Å². The lowest BCUT2D eigenvalue weighted by Crippen LogP contribution is -2.35. The number of nitrogens with zero attached hydrogens (tertiary/aromatic N) is 2. The van der Waals surface area contributed by atoms with E-state index in [1.807, 2.05) is 38.1 Å². The van der Waals surface area contributed by atoms with Crippen LogP contribution in [-0.4, -0.2) is 21.8 Å². The number of thioether (sulfide) groups is 1. The number of halogens is 1. The van der Waals surface area contributed by atoms with Crippen molar-refractivity contribution in [1.82, 2.24) is 4.90 Å². The quantitative estimate of drug-likeness (QED) is 0.734. The van der Waals surface area contributed by atoms with E-state index >= 15 is 0 Å². The summed E-state index contributed by atoms with van der Waals surface area (Å²) in [5.41, 5.74) is 2.04. The predicted molar refractivity (Wildman–Crippen MR) is 105 cm³/mol. The number of amidine groups is 2. The van der Waals surface area contributed by atoms with Gasteiger partial charge in [0.1, 0.15) is 17.4 Å². The minimum absolute atomic E-state index is 0.0979. The largest absolute Gasteiger partial charge is 0.457 e. The number of hydrogen-bond donors (Lipinski definition) is 1. The van der Waals surface area contributed by atoms with Crippen LogP contribution < -0.4 is 0 Å². The Kier molecular flexibility index (Phi) is 4.09. The van der Waals surface area contributed by atoms with Crippen LogP contribution in [0, 0.1) is 12.3 Å². The Balaban J connectivity index is 1.67. The first-order valence-corrected chi connectivity index (χ1v) is 9.07. The molecular formula is C19H14ClN3O2S. The van der Waals surface area contributed by atoms with Crippen molar-refractivity contribution < 1.29 is 9.21 Å². The number of amides is 1. The summed E-state index contributed by atoms with van der Waals surface area (Å²) in [5.74, 6) is 0.787. The molecule has 0 saturated heterocycles. The third kappa shape index (κ3) is 2.91. The number of furan rings is 1. The Labute approximate surface area is 159 Å². The molecule has 0 atom stereocenters. The summed E-state index contributed by atoms with van der Waals surface area (Å²) >= 11 is 7.56.